The summed E-state index contributed by atoms with van der Waals surface area (Å²) < 4.78 is 10.7. The highest BCUT2D eigenvalue weighted by Gasteiger charge is 2.11. The lowest BCUT2D eigenvalue weighted by Gasteiger charge is -2.02. The first-order valence-corrected chi connectivity index (χ1v) is 9.45. The molecule has 0 radical (unpaired) electrons. The van der Waals surface area contributed by atoms with Crippen molar-refractivity contribution in [1.82, 2.24) is 10.2 Å². The second-order valence-corrected chi connectivity index (χ2v) is 7.07. The number of carbonyl (C=O) groups excluding carboxylic acids is 2. The summed E-state index contributed by atoms with van der Waals surface area (Å²) in [5.41, 5.74) is 1.11. The zero-order valence-corrected chi connectivity index (χ0v) is 15.6. The average molecular weight is 381 g/mol. The van der Waals surface area contributed by atoms with Gasteiger partial charge in [0.05, 0.1) is 20.1 Å². The van der Waals surface area contributed by atoms with Gasteiger partial charge < -0.3 is 14.8 Å². The van der Waals surface area contributed by atoms with Crippen LogP contribution >= 0.6 is 23.1 Å². The fourth-order valence-electron chi connectivity index (χ4n) is 1.86. The van der Waals surface area contributed by atoms with Crippen molar-refractivity contribution >= 4 is 40.1 Å². The maximum absolute atomic E-state index is 11.8. The molecule has 0 saturated heterocycles. The molecule has 134 valence electrons. The molecule has 1 N–H and O–H groups in total. The van der Waals surface area contributed by atoms with Crippen LogP contribution in [-0.2, 0) is 20.1 Å². The molecule has 0 bridgehead atoms. The van der Waals surface area contributed by atoms with E-state index in [1.54, 1.807) is 14.0 Å². The molecule has 1 amide bonds. The summed E-state index contributed by atoms with van der Waals surface area (Å²) in [7, 11) is 1.63. The molecule has 25 heavy (non-hydrogen) atoms. The second-order valence-electron chi connectivity index (χ2n) is 4.87. The lowest BCUT2D eigenvalue weighted by Crippen LogP contribution is -2.14. The number of methoxy groups -OCH3 is 1. The number of ether oxygens (including phenoxy) is 2. The van der Waals surface area contributed by atoms with Crippen molar-refractivity contribution in [3.63, 3.8) is 0 Å². The van der Waals surface area contributed by atoms with Crippen LogP contribution in [0.15, 0.2) is 28.6 Å². The van der Waals surface area contributed by atoms with Crippen LogP contribution in [0.25, 0.3) is 0 Å². The molecule has 1 heterocycles. The molecular formula is C16H19N3O4S2. The van der Waals surface area contributed by atoms with Crippen LogP contribution in [-0.4, -0.2) is 35.8 Å². The average Bonchev–Trinajstić information content (AvgIpc) is 3.06. The quantitative estimate of drug-likeness (QED) is 0.405. The zero-order chi connectivity index (χ0) is 18.1. The molecule has 0 aliphatic heterocycles. The highest BCUT2D eigenvalue weighted by molar-refractivity contribution is 8.00. The van der Waals surface area contributed by atoms with Gasteiger partial charge in [0.15, 0.2) is 4.34 Å². The van der Waals surface area contributed by atoms with Gasteiger partial charge in [0, 0.05) is 12.2 Å². The standard InChI is InChI=1S/C16H19N3O4S2/c1-3-23-14(21)8-7-13(20)17-15-18-19-16(25-15)24-10-11-5-4-6-12(9-11)22-2/h4-6,9H,3,7-8,10H2,1-2H3,(H,17,18,20). The highest BCUT2D eigenvalue weighted by Crippen LogP contribution is 2.29. The molecule has 0 aliphatic carbocycles. The second kappa shape index (κ2) is 10.00. The third-order valence-corrected chi connectivity index (χ3v) is 5.05. The molecule has 0 atom stereocenters. The van der Waals surface area contributed by atoms with Gasteiger partial charge >= 0.3 is 5.97 Å². The number of esters is 1. The minimum absolute atomic E-state index is 0.0515. The maximum Gasteiger partial charge on any atom is 0.306 e. The largest absolute Gasteiger partial charge is 0.497 e. The van der Waals surface area contributed by atoms with E-state index >= 15 is 0 Å². The van der Waals surface area contributed by atoms with Crippen LogP contribution in [0.1, 0.15) is 25.3 Å². The van der Waals surface area contributed by atoms with Crippen LogP contribution in [0.3, 0.4) is 0 Å². The summed E-state index contributed by atoms with van der Waals surface area (Å²) >= 11 is 2.83. The van der Waals surface area contributed by atoms with Crippen molar-refractivity contribution in [3.05, 3.63) is 29.8 Å². The summed E-state index contributed by atoms with van der Waals surface area (Å²) in [5.74, 6) is 0.866. The third kappa shape index (κ3) is 6.71. The van der Waals surface area contributed by atoms with Gasteiger partial charge in [0.25, 0.3) is 0 Å². The number of anilines is 1. The molecule has 1 aromatic heterocycles. The zero-order valence-electron chi connectivity index (χ0n) is 14.0. The molecule has 9 heteroatoms. The number of amides is 1. The van der Waals surface area contributed by atoms with E-state index in [9.17, 15) is 9.59 Å². The Kier molecular flexibility index (Phi) is 7.68. The smallest absolute Gasteiger partial charge is 0.306 e. The number of rotatable bonds is 9. The fraction of sp³-hybridized carbons (Fsp3) is 0.375. The van der Waals surface area contributed by atoms with Gasteiger partial charge in [0.2, 0.25) is 11.0 Å². The van der Waals surface area contributed by atoms with E-state index in [0.717, 1.165) is 21.4 Å². The first-order valence-electron chi connectivity index (χ1n) is 7.65. The van der Waals surface area contributed by atoms with Crippen molar-refractivity contribution in [3.8, 4) is 5.75 Å². The topological polar surface area (TPSA) is 90.4 Å². The minimum Gasteiger partial charge on any atom is -0.497 e. The molecule has 1 aromatic carbocycles. The molecule has 7 nitrogen and oxygen atoms in total. The molecule has 2 aromatic rings. The lowest BCUT2D eigenvalue weighted by molar-refractivity contribution is -0.144. The molecular weight excluding hydrogens is 362 g/mol. The monoisotopic (exact) mass is 381 g/mol. The number of hydrogen-bond acceptors (Lipinski definition) is 8. The Morgan fingerprint density at radius 2 is 2.12 bits per heavy atom. The van der Waals surface area contributed by atoms with E-state index in [2.05, 4.69) is 15.5 Å². The van der Waals surface area contributed by atoms with Gasteiger partial charge in [-0.15, -0.1) is 10.2 Å². The predicted octanol–water partition coefficient (Wildman–Crippen LogP) is 3.12. The van der Waals surface area contributed by atoms with Crippen molar-refractivity contribution < 1.29 is 19.1 Å². The number of nitrogens with zero attached hydrogens (tertiary/aromatic N) is 2. The first-order chi connectivity index (χ1) is 12.1. The third-order valence-electron chi connectivity index (χ3n) is 3.01. The summed E-state index contributed by atoms with van der Waals surface area (Å²) in [5, 5.41) is 11.0. The SMILES string of the molecule is CCOC(=O)CCC(=O)Nc1nnc(SCc2cccc(OC)c2)s1. The Bertz CT molecular complexity index is 721. The van der Waals surface area contributed by atoms with Gasteiger partial charge in [-0.1, -0.05) is 35.2 Å². The number of hydrogen-bond donors (Lipinski definition) is 1. The van der Waals surface area contributed by atoms with Crippen LogP contribution in [0.2, 0.25) is 0 Å². The number of thioether (sulfide) groups is 1. The van der Waals surface area contributed by atoms with Gasteiger partial charge in [0.1, 0.15) is 5.75 Å². The summed E-state index contributed by atoms with van der Waals surface area (Å²) in [6.07, 6.45) is 0.112. The lowest BCUT2D eigenvalue weighted by atomic mass is 10.2. The molecule has 0 aliphatic rings. The van der Waals surface area contributed by atoms with Crippen LogP contribution < -0.4 is 10.1 Å². The van der Waals surface area contributed by atoms with E-state index in [4.69, 9.17) is 9.47 Å². The van der Waals surface area contributed by atoms with Crippen molar-refractivity contribution in [2.75, 3.05) is 19.0 Å². The number of benzene rings is 1. The van der Waals surface area contributed by atoms with Gasteiger partial charge in [-0.05, 0) is 24.6 Å². The Morgan fingerprint density at radius 1 is 1.28 bits per heavy atom. The molecule has 0 fully saturated rings. The Balaban J connectivity index is 1.79. The minimum atomic E-state index is -0.385. The van der Waals surface area contributed by atoms with Gasteiger partial charge in [-0.3, -0.25) is 9.59 Å². The number of nitrogens with one attached hydrogen (secondary N) is 1. The van der Waals surface area contributed by atoms with E-state index in [1.807, 2.05) is 24.3 Å². The Morgan fingerprint density at radius 3 is 2.88 bits per heavy atom. The van der Waals surface area contributed by atoms with Crippen molar-refractivity contribution in [2.24, 2.45) is 0 Å². The molecule has 2 rings (SSSR count). The Hall–Kier alpha value is -2.13. The van der Waals surface area contributed by atoms with E-state index in [0.29, 0.717) is 11.7 Å². The highest BCUT2D eigenvalue weighted by atomic mass is 32.2. The molecule has 0 unspecified atom stereocenters. The Labute approximate surface area is 154 Å². The number of aromatic nitrogens is 2. The number of carbonyl (C=O) groups is 2. The summed E-state index contributed by atoms with van der Waals surface area (Å²) in [6, 6.07) is 7.80. The van der Waals surface area contributed by atoms with E-state index < -0.39 is 0 Å². The van der Waals surface area contributed by atoms with Crippen LogP contribution in [0, 0.1) is 0 Å². The fourth-order valence-corrected chi connectivity index (χ4v) is 3.57. The maximum atomic E-state index is 11.8. The van der Waals surface area contributed by atoms with Crippen molar-refractivity contribution in [1.29, 1.82) is 0 Å². The van der Waals surface area contributed by atoms with E-state index in [-0.39, 0.29) is 24.7 Å². The molecule has 0 saturated carbocycles. The van der Waals surface area contributed by atoms with Crippen LogP contribution in [0.4, 0.5) is 5.13 Å². The van der Waals surface area contributed by atoms with Gasteiger partial charge in [-0.2, -0.15) is 0 Å². The normalized spacial score (nSPS) is 10.3. The molecule has 0 spiro atoms. The van der Waals surface area contributed by atoms with Crippen molar-refractivity contribution in [2.45, 2.75) is 29.9 Å². The summed E-state index contributed by atoms with van der Waals surface area (Å²) in [6.45, 7) is 2.04. The first kappa shape index (κ1) is 19.2. The summed E-state index contributed by atoms with van der Waals surface area (Å²) in [4.78, 5) is 23.0. The van der Waals surface area contributed by atoms with Gasteiger partial charge in [-0.25, -0.2) is 0 Å². The van der Waals surface area contributed by atoms with E-state index in [1.165, 1.54) is 23.1 Å². The van der Waals surface area contributed by atoms with Crippen LogP contribution in [0.5, 0.6) is 5.75 Å². The predicted molar refractivity (Wildman–Crippen MR) is 97.0 cm³/mol.